The summed E-state index contributed by atoms with van der Waals surface area (Å²) in [5, 5.41) is 11.7. The third-order valence-electron chi connectivity index (χ3n) is 7.69. The highest BCUT2D eigenvalue weighted by Gasteiger charge is 2.47. The number of ketones is 1. The van der Waals surface area contributed by atoms with Crippen LogP contribution in [0.25, 0.3) is 5.76 Å². The van der Waals surface area contributed by atoms with Crippen molar-refractivity contribution in [3.05, 3.63) is 94.1 Å². The van der Waals surface area contributed by atoms with Crippen LogP contribution in [0.4, 0.5) is 11.4 Å². The zero-order valence-corrected chi connectivity index (χ0v) is 24.8. The van der Waals surface area contributed by atoms with E-state index < -0.39 is 17.7 Å². The van der Waals surface area contributed by atoms with E-state index in [-0.39, 0.29) is 16.7 Å². The molecule has 0 saturated carbocycles. The standard InChI is InChI=1S/C34H40N2O4/c1-9-35(10-2)25-16-13-23(14-17-25)30-29(31(37)24-15-18-28(40-8)26(20-24)34(5,6)7)32(38)33(39)36(30)27-19-21(3)11-12-22(27)4/h11-20,30,37H,9-10H2,1-8H3/b31-29-. The van der Waals surface area contributed by atoms with Crippen LogP contribution in [0.1, 0.15) is 68.5 Å². The minimum atomic E-state index is -0.786. The van der Waals surface area contributed by atoms with Gasteiger partial charge in [-0.2, -0.15) is 0 Å². The van der Waals surface area contributed by atoms with Crippen LogP contribution in [0, 0.1) is 13.8 Å². The number of rotatable bonds is 7. The normalized spacial score (nSPS) is 16.9. The quantitative estimate of drug-likeness (QED) is 0.197. The predicted octanol–water partition coefficient (Wildman–Crippen LogP) is 7.08. The van der Waals surface area contributed by atoms with Gasteiger partial charge in [-0.25, -0.2) is 0 Å². The van der Waals surface area contributed by atoms with E-state index in [0.717, 1.165) is 41.0 Å². The van der Waals surface area contributed by atoms with Gasteiger partial charge in [-0.3, -0.25) is 14.5 Å². The average molecular weight is 541 g/mol. The van der Waals surface area contributed by atoms with Crippen LogP contribution in [0.15, 0.2) is 66.2 Å². The number of benzene rings is 3. The number of nitrogens with zero attached hydrogens (tertiary/aromatic N) is 2. The Morgan fingerprint density at radius 1 is 0.950 bits per heavy atom. The van der Waals surface area contributed by atoms with E-state index in [2.05, 4.69) is 39.5 Å². The monoisotopic (exact) mass is 540 g/mol. The number of hydrogen-bond acceptors (Lipinski definition) is 5. The van der Waals surface area contributed by atoms with Crippen molar-refractivity contribution in [1.82, 2.24) is 0 Å². The lowest BCUT2D eigenvalue weighted by Gasteiger charge is -2.28. The molecule has 4 rings (SSSR count). The van der Waals surface area contributed by atoms with Crippen LogP contribution in [0.2, 0.25) is 0 Å². The molecule has 3 aromatic carbocycles. The highest BCUT2D eigenvalue weighted by atomic mass is 16.5. The number of Topliss-reactive ketones (excluding diaryl/α,β-unsaturated/α-hetero) is 1. The molecule has 1 unspecified atom stereocenters. The van der Waals surface area contributed by atoms with Gasteiger partial charge >= 0.3 is 0 Å². The average Bonchev–Trinajstić information content (AvgIpc) is 3.19. The Morgan fingerprint density at radius 2 is 1.60 bits per heavy atom. The summed E-state index contributed by atoms with van der Waals surface area (Å²) in [5.41, 5.74) is 5.48. The molecular weight excluding hydrogens is 500 g/mol. The van der Waals surface area contributed by atoms with Crippen molar-refractivity contribution in [3.63, 3.8) is 0 Å². The molecule has 6 nitrogen and oxygen atoms in total. The van der Waals surface area contributed by atoms with Gasteiger partial charge in [-0.1, -0.05) is 45.0 Å². The highest BCUT2D eigenvalue weighted by Crippen LogP contribution is 2.44. The largest absolute Gasteiger partial charge is 0.507 e. The number of aliphatic hydroxyl groups excluding tert-OH is 1. The lowest BCUT2D eigenvalue weighted by atomic mass is 9.84. The van der Waals surface area contributed by atoms with Crippen LogP contribution >= 0.6 is 0 Å². The first kappa shape index (κ1) is 28.9. The molecule has 0 aliphatic carbocycles. The smallest absolute Gasteiger partial charge is 0.300 e. The van der Waals surface area contributed by atoms with E-state index in [4.69, 9.17) is 4.74 Å². The van der Waals surface area contributed by atoms with E-state index in [9.17, 15) is 14.7 Å². The van der Waals surface area contributed by atoms with Gasteiger partial charge in [0.05, 0.1) is 18.7 Å². The number of hydrogen-bond donors (Lipinski definition) is 1. The molecule has 6 heteroatoms. The molecule has 1 atom stereocenters. The van der Waals surface area contributed by atoms with Crippen molar-refractivity contribution in [1.29, 1.82) is 0 Å². The van der Waals surface area contributed by atoms with Gasteiger partial charge < -0.3 is 14.7 Å². The Morgan fingerprint density at radius 3 is 2.17 bits per heavy atom. The Kier molecular flexibility index (Phi) is 8.10. The van der Waals surface area contributed by atoms with Crippen molar-refractivity contribution in [2.24, 2.45) is 0 Å². The summed E-state index contributed by atoms with van der Waals surface area (Å²) in [5.74, 6) is -0.859. The molecule has 0 radical (unpaired) electrons. The molecule has 0 aromatic heterocycles. The van der Waals surface area contributed by atoms with Gasteiger partial charge in [0.2, 0.25) is 0 Å². The number of ether oxygens (including phenoxy) is 1. The lowest BCUT2D eigenvalue weighted by Crippen LogP contribution is -2.30. The van der Waals surface area contributed by atoms with Crippen LogP contribution in [-0.2, 0) is 15.0 Å². The second-order valence-corrected chi connectivity index (χ2v) is 11.4. The number of carbonyl (C=O) groups is 2. The van der Waals surface area contributed by atoms with Gasteiger partial charge in [0.1, 0.15) is 11.5 Å². The first-order chi connectivity index (χ1) is 18.9. The SMILES string of the molecule is CCN(CC)c1ccc(C2/C(=C(/O)c3ccc(OC)c(C(C)(C)C)c3)C(=O)C(=O)N2c2cc(C)ccc2C)cc1. The lowest BCUT2D eigenvalue weighted by molar-refractivity contribution is -0.132. The van der Waals surface area contributed by atoms with E-state index >= 15 is 0 Å². The van der Waals surface area contributed by atoms with E-state index in [1.165, 1.54) is 4.90 Å². The Balaban J connectivity index is 1.96. The fraction of sp³-hybridized carbons (Fsp3) is 0.353. The van der Waals surface area contributed by atoms with Crippen LogP contribution in [0.5, 0.6) is 5.75 Å². The van der Waals surface area contributed by atoms with Gasteiger partial charge in [0, 0.05) is 35.6 Å². The zero-order chi connectivity index (χ0) is 29.4. The first-order valence-corrected chi connectivity index (χ1v) is 13.8. The fourth-order valence-electron chi connectivity index (χ4n) is 5.43. The number of amides is 1. The van der Waals surface area contributed by atoms with Crippen molar-refractivity contribution >= 4 is 28.8 Å². The highest BCUT2D eigenvalue weighted by molar-refractivity contribution is 6.51. The molecule has 1 fully saturated rings. The van der Waals surface area contributed by atoms with Crippen molar-refractivity contribution in [2.75, 3.05) is 30.0 Å². The molecule has 1 amide bonds. The van der Waals surface area contributed by atoms with Gasteiger partial charge in [0.15, 0.2) is 0 Å². The minimum absolute atomic E-state index is 0.0755. The van der Waals surface area contributed by atoms with Gasteiger partial charge in [-0.15, -0.1) is 0 Å². The van der Waals surface area contributed by atoms with Crippen LogP contribution in [-0.4, -0.2) is 37.0 Å². The molecule has 3 aromatic rings. The minimum Gasteiger partial charge on any atom is -0.507 e. The molecule has 1 N–H and O–H groups in total. The second kappa shape index (κ2) is 11.2. The van der Waals surface area contributed by atoms with E-state index in [1.54, 1.807) is 19.2 Å². The van der Waals surface area contributed by atoms with Crippen LogP contribution < -0.4 is 14.5 Å². The van der Waals surface area contributed by atoms with Gasteiger partial charge in [-0.05, 0) is 86.2 Å². The summed E-state index contributed by atoms with van der Waals surface area (Å²) >= 11 is 0. The maximum Gasteiger partial charge on any atom is 0.300 e. The summed E-state index contributed by atoms with van der Waals surface area (Å²) in [7, 11) is 1.61. The molecule has 40 heavy (non-hydrogen) atoms. The Hall–Kier alpha value is -4.06. The van der Waals surface area contributed by atoms with E-state index in [0.29, 0.717) is 17.0 Å². The number of anilines is 2. The Labute approximate surface area is 237 Å². The second-order valence-electron chi connectivity index (χ2n) is 11.4. The number of methoxy groups -OCH3 is 1. The molecule has 1 saturated heterocycles. The molecule has 1 aliphatic heterocycles. The molecule has 210 valence electrons. The summed E-state index contributed by atoms with van der Waals surface area (Å²) in [6.45, 7) is 16.0. The molecule has 0 spiro atoms. The summed E-state index contributed by atoms with van der Waals surface area (Å²) < 4.78 is 5.58. The van der Waals surface area contributed by atoms with Crippen molar-refractivity contribution in [2.45, 2.75) is 59.9 Å². The number of carbonyl (C=O) groups excluding carboxylic acids is 2. The number of aryl methyl sites for hydroxylation is 2. The van der Waals surface area contributed by atoms with Gasteiger partial charge in [0.25, 0.3) is 11.7 Å². The summed E-state index contributed by atoms with van der Waals surface area (Å²) in [4.78, 5) is 31.2. The topological polar surface area (TPSA) is 70.1 Å². The first-order valence-electron chi connectivity index (χ1n) is 13.8. The molecular formula is C34H40N2O4. The summed E-state index contributed by atoms with van der Waals surface area (Å²) in [6.07, 6.45) is 0. The van der Waals surface area contributed by atoms with Crippen molar-refractivity contribution in [3.8, 4) is 5.75 Å². The van der Waals surface area contributed by atoms with Crippen molar-refractivity contribution < 1.29 is 19.4 Å². The maximum absolute atomic E-state index is 13.7. The predicted molar refractivity (Wildman–Crippen MR) is 162 cm³/mol. The molecule has 1 heterocycles. The Bertz CT molecular complexity index is 1460. The molecule has 0 bridgehead atoms. The molecule has 1 aliphatic rings. The third kappa shape index (κ3) is 5.23. The van der Waals surface area contributed by atoms with Crippen LogP contribution in [0.3, 0.4) is 0 Å². The zero-order valence-electron chi connectivity index (χ0n) is 24.8. The fourth-order valence-corrected chi connectivity index (χ4v) is 5.43. The summed E-state index contributed by atoms with van der Waals surface area (Å²) in [6, 6.07) is 18.4. The van der Waals surface area contributed by atoms with E-state index in [1.807, 2.05) is 62.4 Å². The number of aliphatic hydroxyl groups is 1. The maximum atomic E-state index is 13.7. The third-order valence-corrected chi connectivity index (χ3v) is 7.69.